The van der Waals surface area contributed by atoms with Gasteiger partial charge in [0, 0.05) is 0 Å². The van der Waals surface area contributed by atoms with Gasteiger partial charge in [-0.05, 0) is 47.9 Å². The maximum atomic E-state index is 13.2. The van der Waals surface area contributed by atoms with Gasteiger partial charge in [0.15, 0.2) is 0 Å². The Bertz CT molecular complexity index is 635. The van der Waals surface area contributed by atoms with Gasteiger partial charge < -0.3 is 9.84 Å². The lowest BCUT2D eigenvalue weighted by Gasteiger charge is -2.11. The van der Waals surface area contributed by atoms with Crippen LogP contribution in [0.5, 0.6) is 5.75 Å². The van der Waals surface area contributed by atoms with Gasteiger partial charge in [0.25, 0.3) is 0 Å². The molecule has 0 atom stereocenters. The zero-order valence-corrected chi connectivity index (χ0v) is 10.6. The van der Waals surface area contributed by atoms with Crippen LogP contribution in [0.4, 0.5) is 4.39 Å². The first-order valence-corrected chi connectivity index (χ1v) is 5.71. The summed E-state index contributed by atoms with van der Waals surface area (Å²) >= 11 is 0. The number of hydrogen-bond acceptors (Lipinski definition) is 2. The lowest BCUT2D eigenvalue weighted by atomic mass is 9.95. The van der Waals surface area contributed by atoms with Crippen LogP contribution in [0.1, 0.15) is 15.9 Å². The first-order valence-electron chi connectivity index (χ1n) is 5.71. The van der Waals surface area contributed by atoms with Gasteiger partial charge in [0.2, 0.25) is 0 Å². The van der Waals surface area contributed by atoms with Gasteiger partial charge in [0.1, 0.15) is 11.6 Å². The van der Waals surface area contributed by atoms with Crippen LogP contribution in [0.2, 0.25) is 0 Å². The topological polar surface area (TPSA) is 46.5 Å². The Balaban J connectivity index is 2.62. The van der Waals surface area contributed by atoms with E-state index in [1.54, 1.807) is 19.2 Å². The highest BCUT2D eigenvalue weighted by atomic mass is 19.1. The van der Waals surface area contributed by atoms with Gasteiger partial charge in [-0.3, -0.25) is 0 Å². The summed E-state index contributed by atoms with van der Waals surface area (Å²) in [5.41, 5.74) is 2.06. The number of benzene rings is 2. The smallest absolute Gasteiger partial charge is 0.336 e. The average Bonchev–Trinajstić information content (AvgIpc) is 2.39. The Morgan fingerprint density at radius 2 is 1.84 bits per heavy atom. The molecule has 0 fully saturated rings. The third kappa shape index (κ3) is 2.57. The molecule has 3 nitrogen and oxygen atoms in total. The third-order valence-corrected chi connectivity index (χ3v) is 2.94. The minimum atomic E-state index is -1.15. The maximum Gasteiger partial charge on any atom is 0.336 e. The molecular formula is C15H13FO3. The minimum Gasteiger partial charge on any atom is -0.497 e. The molecule has 2 aromatic rings. The second-order valence-corrected chi connectivity index (χ2v) is 4.18. The number of aryl methyl sites for hydroxylation is 1. The number of rotatable bonds is 3. The molecule has 0 saturated carbocycles. The second-order valence-electron chi connectivity index (χ2n) is 4.18. The van der Waals surface area contributed by atoms with E-state index in [2.05, 4.69) is 0 Å². The van der Waals surface area contributed by atoms with Crippen LogP contribution in [-0.4, -0.2) is 18.2 Å². The molecule has 0 aliphatic rings. The number of hydrogen-bond donors (Lipinski definition) is 1. The van der Waals surface area contributed by atoms with E-state index >= 15 is 0 Å². The van der Waals surface area contributed by atoms with Crippen molar-refractivity contribution in [2.45, 2.75) is 6.92 Å². The average molecular weight is 260 g/mol. The van der Waals surface area contributed by atoms with Crippen molar-refractivity contribution >= 4 is 5.97 Å². The van der Waals surface area contributed by atoms with Gasteiger partial charge in [-0.25, -0.2) is 9.18 Å². The van der Waals surface area contributed by atoms with Crippen molar-refractivity contribution in [3.8, 4) is 16.9 Å². The van der Waals surface area contributed by atoms with Crippen LogP contribution in [0, 0.1) is 12.7 Å². The van der Waals surface area contributed by atoms with E-state index in [0.717, 1.165) is 17.2 Å². The number of aromatic carboxylic acids is 1. The monoisotopic (exact) mass is 260 g/mol. The summed E-state index contributed by atoms with van der Waals surface area (Å²) in [5, 5.41) is 9.15. The Morgan fingerprint density at radius 3 is 2.42 bits per heavy atom. The van der Waals surface area contributed by atoms with Gasteiger partial charge in [-0.1, -0.05) is 12.1 Å². The summed E-state index contributed by atoms with van der Waals surface area (Å²) in [6.45, 7) is 1.85. The molecule has 0 bridgehead atoms. The van der Waals surface area contributed by atoms with Crippen LogP contribution >= 0.6 is 0 Å². The maximum absolute atomic E-state index is 13.2. The molecule has 98 valence electrons. The summed E-state index contributed by atoms with van der Waals surface area (Å²) < 4.78 is 18.3. The van der Waals surface area contributed by atoms with E-state index < -0.39 is 11.8 Å². The first kappa shape index (κ1) is 13.1. The number of methoxy groups -OCH3 is 1. The molecule has 2 rings (SSSR count). The number of carbonyl (C=O) groups is 1. The summed E-state index contributed by atoms with van der Waals surface area (Å²) in [4.78, 5) is 11.2. The molecule has 1 N–H and O–H groups in total. The second kappa shape index (κ2) is 5.10. The zero-order valence-electron chi connectivity index (χ0n) is 10.6. The Hall–Kier alpha value is -2.36. The van der Waals surface area contributed by atoms with Gasteiger partial charge in [0.05, 0.1) is 12.7 Å². The number of carboxylic acids is 1. The Kier molecular flexibility index (Phi) is 3.51. The van der Waals surface area contributed by atoms with Crippen LogP contribution < -0.4 is 4.74 Å². The van der Waals surface area contributed by atoms with Crippen LogP contribution in [0.15, 0.2) is 36.4 Å². The summed E-state index contributed by atoms with van der Waals surface area (Å²) in [6, 6.07) is 9.09. The normalized spacial score (nSPS) is 10.3. The third-order valence-electron chi connectivity index (χ3n) is 2.94. The van der Waals surface area contributed by atoms with Crippen LogP contribution in [-0.2, 0) is 0 Å². The molecule has 19 heavy (non-hydrogen) atoms. The van der Waals surface area contributed by atoms with E-state index in [0.29, 0.717) is 11.3 Å². The molecule has 0 unspecified atom stereocenters. The predicted molar refractivity (Wildman–Crippen MR) is 70.1 cm³/mol. The van der Waals surface area contributed by atoms with E-state index in [9.17, 15) is 9.18 Å². The fraction of sp³-hybridized carbons (Fsp3) is 0.133. The van der Waals surface area contributed by atoms with Crippen molar-refractivity contribution in [2.24, 2.45) is 0 Å². The fourth-order valence-corrected chi connectivity index (χ4v) is 1.99. The van der Waals surface area contributed by atoms with Crippen molar-refractivity contribution < 1.29 is 19.0 Å². The highest BCUT2D eigenvalue weighted by Gasteiger charge is 2.14. The molecule has 0 aromatic heterocycles. The van der Waals surface area contributed by atoms with Crippen LogP contribution in [0.25, 0.3) is 11.1 Å². The van der Waals surface area contributed by atoms with Crippen LogP contribution in [0.3, 0.4) is 0 Å². The molecule has 0 aliphatic heterocycles. The van der Waals surface area contributed by atoms with Crippen molar-refractivity contribution in [2.75, 3.05) is 7.11 Å². The van der Waals surface area contributed by atoms with Crippen molar-refractivity contribution in [1.82, 2.24) is 0 Å². The molecule has 0 aliphatic carbocycles. The Labute approximate surface area is 110 Å². The molecule has 0 spiro atoms. The highest BCUT2D eigenvalue weighted by molar-refractivity contribution is 5.96. The molecular weight excluding hydrogens is 247 g/mol. The standard InChI is InChI=1S/C15H13FO3/c1-9-7-11(19-2)4-6-12(9)13-5-3-10(16)8-14(13)15(17)18/h3-8H,1-2H3,(H,17,18). The summed E-state index contributed by atoms with van der Waals surface area (Å²) in [6.07, 6.45) is 0. The summed E-state index contributed by atoms with van der Waals surface area (Å²) in [5.74, 6) is -1.02. The SMILES string of the molecule is COc1ccc(-c2ccc(F)cc2C(=O)O)c(C)c1. The first-order chi connectivity index (χ1) is 9.02. The van der Waals surface area contributed by atoms with E-state index in [4.69, 9.17) is 9.84 Å². The van der Waals surface area contributed by atoms with Gasteiger partial charge >= 0.3 is 5.97 Å². The van der Waals surface area contributed by atoms with Crippen molar-refractivity contribution in [3.05, 3.63) is 53.3 Å². The predicted octanol–water partition coefficient (Wildman–Crippen LogP) is 3.51. The lowest BCUT2D eigenvalue weighted by Crippen LogP contribution is -2.01. The largest absolute Gasteiger partial charge is 0.497 e. The quantitative estimate of drug-likeness (QED) is 0.918. The molecule has 2 aromatic carbocycles. The van der Waals surface area contributed by atoms with Gasteiger partial charge in [-0.2, -0.15) is 0 Å². The van der Waals surface area contributed by atoms with Crippen molar-refractivity contribution in [1.29, 1.82) is 0 Å². The van der Waals surface area contributed by atoms with Crippen molar-refractivity contribution in [3.63, 3.8) is 0 Å². The summed E-state index contributed by atoms with van der Waals surface area (Å²) in [7, 11) is 1.56. The van der Waals surface area contributed by atoms with E-state index in [1.807, 2.05) is 13.0 Å². The lowest BCUT2D eigenvalue weighted by molar-refractivity contribution is 0.0697. The molecule has 4 heteroatoms. The fourth-order valence-electron chi connectivity index (χ4n) is 1.99. The molecule has 0 radical (unpaired) electrons. The highest BCUT2D eigenvalue weighted by Crippen LogP contribution is 2.30. The minimum absolute atomic E-state index is 0.0479. The zero-order chi connectivity index (χ0) is 14.0. The molecule has 0 amide bonds. The number of carboxylic acid groups (broad SMARTS) is 1. The van der Waals surface area contributed by atoms with E-state index in [1.165, 1.54) is 12.1 Å². The molecule has 0 saturated heterocycles. The molecule has 0 heterocycles. The number of ether oxygens (including phenoxy) is 1. The van der Waals surface area contributed by atoms with E-state index in [-0.39, 0.29) is 5.56 Å². The number of halogens is 1. The Morgan fingerprint density at radius 1 is 1.16 bits per heavy atom. The van der Waals surface area contributed by atoms with Gasteiger partial charge in [-0.15, -0.1) is 0 Å².